The Bertz CT molecular complexity index is 317. The summed E-state index contributed by atoms with van der Waals surface area (Å²) in [5, 5.41) is 10.9. The summed E-state index contributed by atoms with van der Waals surface area (Å²) < 4.78 is 9.76. The predicted octanol–water partition coefficient (Wildman–Crippen LogP) is 1.71. The number of carbonyl (C=O) groups is 2. The molecule has 2 unspecified atom stereocenters. The fraction of sp³-hybridized carbons (Fsp3) is 0.833. The quantitative estimate of drug-likeness (QED) is 0.275. The molecule has 0 aliphatic carbocycles. The molecule has 0 saturated heterocycles. The van der Waals surface area contributed by atoms with Gasteiger partial charge in [0, 0.05) is 25.2 Å². The summed E-state index contributed by atoms with van der Waals surface area (Å²) in [5.41, 5.74) is 0. The van der Waals surface area contributed by atoms with Crippen molar-refractivity contribution in [3.63, 3.8) is 0 Å². The van der Waals surface area contributed by atoms with Gasteiger partial charge in [-0.3, -0.25) is 19.7 Å². The molecule has 0 radical (unpaired) electrons. The van der Waals surface area contributed by atoms with Crippen LogP contribution in [0.5, 0.6) is 0 Å². The van der Waals surface area contributed by atoms with Crippen molar-refractivity contribution in [1.29, 1.82) is 0 Å². The molecule has 0 aromatic rings. The number of hydrogen-bond donors (Lipinski definition) is 0. The van der Waals surface area contributed by atoms with Crippen LogP contribution in [0.4, 0.5) is 0 Å². The first-order chi connectivity index (χ1) is 8.88. The zero-order valence-corrected chi connectivity index (χ0v) is 11.6. The summed E-state index contributed by atoms with van der Waals surface area (Å²) in [7, 11) is 0. The fourth-order valence-electron chi connectivity index (χ4n) is 1.75. The average molecular weight is 275 g/mol. The fourth-order valence-corrected chi connectivity index (χ4v) is 1.75. The van der Waals surface area contributed by atoms with Crippen molar-refractivity contribution < 1.29 is 24.0 Å². The van der Waals surface area contributed by atoms with Crippen LogP contribution in [0.25, 0.3) is 0 Å². The van der Waals surface area contributed by atoms with E-state index in [0.717, 1.165) is 0 Å². The standard InChI is InChI=1S/C12H21NO6/c1-4-11(13(16)17)12(19-10(3)15)7-5-6-8-18-9(2)14/h11-12H,4-8H2,1-3H3. The molecule has 0 saturated carbocycles. The Kier molecular flexibility index (Phi) is 8.48. The topological polar surface area (TPSA) is 95.7 Å². The van der Waals surface area contributed by atoms with Gasteiger partial charge in [-0.2, -0.15) is 0 Å². The predicted molar refractivity (Wildman–Crippen MR) is 67.1 cm³/mol. The number of nitro groups is 1. The Balaban J connectivity index is 4.23. The summed E-state index contributed by atoms with van der Waals surface area (Å²) in [6, 6.07) is -0.891. The van der Waals surface area contributed by atoms with Crippen molar-refractivity contribution >= 4 is 11.9 Å². The van der Waals surface area contributed by atoms with Crippen LogP contribution in [0.1, 0.15) is 46.5 Å². The molecular formula is C12H21NO6. The number of nitrogens with zero attached hydrogens (tertiary/aromatic N) is 1. The lowest BCUT2D eigenvalue weighted by Crippen LogP contribution is -2.36. The van der Waals surface area contributed by atoms with Crippen molar-refractivity contribution in [1.82, 2.24) is 0 Å². The first kappa shape index (κ1) is 17.3. The van der Waals surface area contributed by atoms with Gasteiger partial charge < -0.3 is 9.47 Å². The Hall–Kier alpha value is -1.66. The molecule has 2 atom stereocenters. The van der Waals surface area contributed by atoms with Crippen LogP contribution in [0, 0.1) is 10.1 Å². The van der Waals surface area contributed by atoms with E-state index in [4.69, 9.17) is 9.47 Å². The minimum atomic E-state index is -0.891. The van der Waals surface area contributed by atoms with Gasteiger partial charge in [0.15, 0.2) is 6.10 Å². The van der Waals surface area contributed by atoms with Crippen LogP contribution in [0.2, 0.25) is 0 Å². The van der Waals surface area contributed by atoms with E-state index in [1.54, 1.807) is 6.92 Å². The normalized spacial score (nSPS) is 13.4. The second-order valence-electron chi connectivity index (χ2n) is 4.24. The Labute approximate surface area is 112 Å². The second kappa shape index (κ2) is 9.29. The van der Waals surface area contributed by atoms with Gasteiger partial charge in [-0.05, 0) is 19.3 Å². The first-order valence-electron chi connectivity index (χ1n) is 6.32. The third-order valence-corrected chi connectivity index (χ3v) is 2.62. The second-order valence-corrected chi connectivity index (χ2v) is 4.24. The van der Waals surface area contributed by atoms with Crippen molar-refractivity contribution in [2.45, 2.75) is 58.6 Å². The van der Waals surface area contributed by atoms with Gasteiger partial charge in [0.25, 0.3) is 0 Å². The monoisotopic (exact) mass is 275 g/mol. The lowest BCUT2D eigenvalue weighted by atomic mass is 10.0. The lowest BCUT2D eigenvalue weighted by molar-refractivity contribution is -0.534. The summed E-state index contributed by atoms with van der Waals surface area (Å²) >= 11 is 0. The van der Waals surface area contributed by atoms with E-state index in [0.29, 0.717) is 25.7 Å². The third kappa shape index (κ3) is 8.12. The Morgan fingerprint density at radius 3 is 2.26 bits per heavy atom. The number of esters is 2. The third-order valence-electron chi connectivity index (χ3n) is 2.62. The molecule has 7 heteroatoms. The molecule has 0 amide bonds. The molecule has 19 heavy (non-hydrogen) atoms. The van der Waals surface area contributed by atoms with Crippen molar-refractivity contribution in [3.8, 4) is 0 Å². The van der Waals surface area contributed by atoms with E-state index in [1.165, 1.54) is 13.8 Å². The van der Waals surface area contributed by atoms with E-state index in [-0.39, 0.29) is 12.6 Å². The number of ether oxygens (including phenoxy) is 2. The largest absolute Gasteiger partial charge is 0.466 e. The maximum atomic E-state index is 11.0. The van der Waals surface area contributed by atoms with Crippen LogP contribution >= 0.6 is 0 Å². The summed E-state index contributed by atoms with van der Waals surface area (Å²) in [6.07, 6.45) is 1.14. The molecule has 7 nitrogen and oxygen atoms in total. The molecule has 0 fully saturated rings. The summed E-state index contributed by atoms with van der Waals surface area (Å²) in [5.74, 6) is -0.876. The molecule has 0 aliphatic heterocycles. The van der Waals surface area contributed by atoms with E-state index in [2.05, 4.69) is 0 Å². The van der Waals surface area contributed by atoms with E-state index >= 15 is 0 Å². The van der Waals surface area contributed by atoms with Gasteiger partial charge in [0.1, 0.15) is 0 Å². The Morgan fingerprint density at radius 1 is 1.21 bits per heavy atom. The molecule has 110 valence electrons. The van der Waals surface area contributed by atoms with Gasteiger partial charge in [0.2, 0.25) is 6.04 Å². The van der Waals surface area contributed by atoms with Gasteiger partial charge in [0.05, 0.1) is 6.61 Å². The molecule has 0 aromatic carbocycles. The summed E-state index contributed by atoms with van der Waals surface area (Å²) in [4.78, 5) is 32.0. The minimum absolute atomic E-state index is 0.275. The zero-order valence-electron chi connectivity index (χ0n) is 11.6. The minimum Gasteiger partial charge on any atom is -0.466 e. The van der Waals surface area contributed by atoms with Gasteiger partial charge in [-0.1, -0.05) is 6.92 Å². The van der Waals surface area contributed by atoms with Gasteiger partial charge >= 0.3 is 11.9 Å². The van der Waals surface area contributed by atoms with Crippen LogP contribution in [0.3, 0.4) is 0 Å². The number of unbranched alkanes of at least 4 members (excludes halogenated alkanes) is 1. The van der Waals surface area contributed by atoms with Crippen molar-refractivity contribution in [3.05, 3.63) is 10.1 Å². The molecule has 0 aliphatic rings. The maximum absolute atomic E-state index is 11.0. The zero-order chi connectivity index (χ0) is 14.8. The van der Waals surface area contributed by atoms with Crippen molar-refractivity contribution in [2.24, 2.45) is 0 Å². The van der Waals surface area contributed by atoms with E-state index < -0.39 is 23.0 Å². The van der Waals surface area contributed by atoms with E-state index in [9.17, 15) is 19.7 Å². The highest BCUT2D eigenvalue weighted by molar-refractivity contribution is 5.66. The highest BCUT2D eigenvalue weighted by Gasteiger charge is 2.31. The van der Waals surface area contributed by atoms with Crippen LogP contribution in [-0.2, 0) is 19.1 Å². The van der Waals surface area contributed by atoms with Crippen molar-refractivity contribution in [2.75, 3.05) is 6.61 Å². The number of hydrogen-bond acceptors (Lipinski definition) is 6. The highest BCUT2D eigenvalue weighted by Crippen LogP contribution is 2.15. The smallest absolute Gasteiger partial charge is 0.303 e. The lowest BCUT2D eigenvalue weighted by Gasteiger charge is -2.19. The molecule has 0 rings (SSSR count). The molecule has 0 aromatic heterocycles. The van der Waals surface area contributed by atoms with Crippen LogP contribution in [-0.4, -0.2) is 35.6 Å². The average Bonchev–Trinajstić information content (AvgIpc) is 2.27. The van der Waals surface area contributed by atoms with Gasteiger partial charge in [-0.25, -0.2) is 0 Å². The van der Waals surface area contributed by atoms with E-state index in [1.807, 2.05) is 0 Å². The summed E-state index contributed by atoms with van der Waals surface area (Å²) in [6.45, 7) is 4.51. The molecule has 0 N–H and O–H groups in total. The maximum Gasteiger partial charge on any atom is 0.303 e. The first-order valence-corrected chi connectivity index (χ1v) is 6.32. The van der Waals surface area contributed by atoms with Crippen LogP contribution in [0.15, 0.2) is 0 Å². The molecule has 0 spiro atoms. The highest BCUT2D eigenvalue weighted by atomic mass is 16.6. The molecule has 0 bridgehead atoms. The Morgan fingerprint density at radius 2 is 1.84 bits per heavy atom. The number of carbonyl (C=O) groups excluding carboxylic acids is 2. The number of rotatable bonds is 9. The van der Waals surface area contributed by atoms with Gasteiger partial charge in [-0.15, -0.1) is 0 Å². The molecule has 0 heterocycles. The molecular weight excluding hydrogens is 254 g/mol. The van der Waals surface area contributed by atoms with Crippen LogP contribution < -0.4 is 0 Å². The SMILES string of the molecule is CCC(C(CCCCOC(C)=O)OC(C)=O)[N+](=O)[O-].